The van der Waals surface area contributed by atoms with Gasteiger partial charge in [0.1, 0.15) is 18.2 Å². The van der Waals surface area contributed by atoms with Crippen LogP contribution in [-0.4, -0.2) is 0 Å². The van der Waals surface area contributed by atoms with E-state index < -0.39 is 0 Å². The Balaban J connectivity index is 1.89. The molecule has 0 spiro atoms. The molecule has 0 aliphatic carbocycles. The van der Waals surface area contributed by atoms with Crippen molar-refractivity contribution in [3.05, 3.63) is 89.6 Å². The molecular formula is C29H28NO+. The third-order valence-electron chi connectivity index (χ3n) is 6.49. The largest absolute Gasteiger partial charge is 0.454 e. The number of nitrogens with zero attached hydrogens (tertiary/aromatic N) is 1. The van der Waals surface area contributed by atoms with E-state index in [9.17, 15) is 0 Å². The second-order valence-electron chi connectivity index (χ2n) is 8.83. The monoisotopic (exact) mass is 406 g/mol. The van der Waals surface area contributed by atoms with Crippen LogP contribution >= 0.6 is 0 Å². The standard InChI is InChI=1S/C29H28NO/c1-18(2)22-14-15-30(5)26(17-22)27-20(4)19(3)16-25-24-13-9-12-23(28(24)31-29(25)27)21-10-7-6-8-11-21/h6-18H,1-5H3/q+1. The van der Waals surface area contributed by atoms with E-state index in [-0.39, 0.29) is 0 Å². The summed E-state index contributed by atoms with van der Waals surface area (Å²) in [4.78, 5) is 0. The van der Waals surface area contributed by atoms with Crippen molar-refractivity contribution >= 4 is 21.9 Å². The molecule has 0 saturated carbocycles. The van der Waals surface area contributed by atoms with Gasteiger partial charge >= 0.3 is 0 Å². The van der Waals surface area contributed by atoms with Crippen molar-refractivity contribution in [2.75, 3.05) is 0 Å². The minimum absolute atomic E-state index is 0.473. The van der Waals surface area contributed by atoms with Gasteiger partial charge in [0.2, 0.25) is 5.69 Å². The number of aromatic nitrogens is 1. The van der Waals surface area contributed by atoms with Crippen molar-refractivity contribution in [2.45, 2.75) is 33.6 Å². The van der Waals surface area contributed by atoms with E-state index in [1.165, 1.54) is 44.3 Å². The van der Waals surface area contributed by atoms with E-state index in [2.05, 4.69) is 112 Å². The van der Waals surface area contributed by atoms with Gasteiger partial charge in [-0.3, -0.25) is 0 Å². The van der Waals surface area contributed by atoms with Gasteiger partial charge in [-0.15, -0.1) is 0 Å². The fourth-order valence-corrected chi connectivity index (χ4v) is 4.51. The zero-order valence-corrected chi connectivity index (χ0v) is 18.9. The number of benzene rings is 3. The normalized spacial score (nSPS) is 11.7. The first kappa shape index (κ1) is 19.6. The van der Waals surface area contributed by atoms with Crippen LogP contribution in [0.25, 0.3) is 44.3 Å². The number of rotatable bonds is 3. The molecule has 0 amide bonds. The molecule has 0 bridgehead atoms. The number of para-hydroxylation sites is 1. The Morgan fingerprint density at radius 3 is 2.32 bits per heavy atom. The SMILES string of the molecule is Cc1cc2c(oc3c(-c4ccccc4)cccc32)c(-c2cc(C(C)C)cc[n+]2C)c1C. The summed E-state index contributed by atoms with van der Waals surface area (Å²) < 4.78 is 8.91. The molecule has 2 aromatic heterocycles. The minimum Gasteiger partial charge on any atom is -0.454 e. The highest BCUT2D eigenvalue weighted by atomic mass is 16.3. The van der Waals surface area contributed by atoms with Crippen LogP contribution in [0.15, 0.2) is 77.3 Å². The second kappa shape index (κ2) is 7.39. The summed E-state index contributed by atoms with van der Waals surface area (Å²) in [6, 6.07) is 23.8. The van der Waals surface area contributed by atoms with E-state index in [1.807, 2.05) is 0 Å². The molecule has 0 atom stereocenters. The van der Waals surface area contributed by atoms with Gasteiger partial charge in [0.15, 0.2) is 6.20 Å². The molecule has 0 aliphatic rings. The minimum atomic E-state index is 0.473. The lowest BCUT2D eigenvalue weighted by molar-refractivity contribution is -0.660. The van der Waals surface area contributed by atoms with Crippen molar-refractivity contribution in [3.8, 4) is 22.4 Å². The van der Waals surface area contributed by atoms with E-state index in [0.717, 1.165) is 16.7 Å². The lowest BCUT2D eigenvalue weighted by Gasteiger charge is -2.11. The van der Waals surface area contributed by atoms with Crippen LogP contribution in [0.3, 0.4) is 0 Å². The van der Waals surface area contributed by atoms with E-state index in [1.54, 1.807) is 0 Å². The summed E-state index contributed by atoms with van der Waals surface area (Å²) in [5.74, 6) is 0.473. The summed E-state index contributed by atoms with van der Waals surface area (Å²) >= 11 is 0. The Bertz CT molecular complexity index is 1420. The molecule has 5 rings (SSSR count). The zero-order valence-electron chi connectivity index (χ0n) is 18.9. The van der Waals surface area contributed by atoms with Gasteiger partial charge in [0.05, 0.1) is 5.56 Å². The highest BCUT2D eigenvalue weighted by Crippen LogP contribution is 2.41. The number of fused-ring (bicyclic) bond motifs is 3. The molecule has 0 N–H and O–H groups in total. The molecule has 0 unspecified atom stereocenters. The molecular weight excluding hydrogens is 378 g/mol. The van der Waals surface area contributed by atoms with Gasteiger partial charge in [-0.25, -0.2) is 4.57 Å². The van der Waals surface area contributed by atoms with Crippen LogP contribution in [0.2, 0.25) is 0 Å². The van der Waals surface area contributed by atoms with Crippen LogP contribution in [0.5, 0.6) is 0 Å². The Hall–Kier alpha value is -3.39. The van der Waals surface area contributed by atoms with Crippen molar-refractivity contribution in [1.82, 2.24) is 0 Å². The third-order valence-corrected chi connectivity index (χ3v) is 6.49. The zero-order chi connectivity index (χ0) is 21.7. The molecule has 0 aliphatic heterocycles. The quantitative estimate of drug-likeness (QED) is 0.284. The van der Waals surface area contributed by atoms with E-state index in [4.69, 9.17) is 4.42 Å². The Labute approximate surface area is 183 Å². The topological polar surface area (TPSA) is 17.0 Å². The molecule has 0 fully saturated rings. The van der Waals surface area contributed by atoms with Crippen LogP contribution in [0, 0.1) is 13.8 Å². The predicted octanol–water partition coefficient (Wildman–Crippen LogP) is 7.48. The van der Waals surface area contributed by atoms with Gasteiger partial charge in [-0.2, -0.15) is 0 Å². The fourth-order valence-electron chi connectivity index (χ4n) is 4.51. The van der Waals surface area contributed by atoms with Crippen LogP contribution < -0.4 is 4.57 Å². The highest BCUT2D eigenvalue weighted by molar-refractivity contribution is 6.13. The number of hydrogen-bond donors (Lipinski definition) is 0. The predicted molar refractivity (Wildman–Crippen MR) is 129 cm³/mol. The van der Waals surface area contributed by atoms with Crippen molar-refractivity contribution in [3.63, 3.8) is 0 Å². The number of pyridine rings is 1. The average molecular weight is 407 g/mol. The van der Waals surface area contributed by atoms with Gasteiger partial charge in [-0.05, 0) is 48.1 Å². The van der Waals surface area contributed by atoms with Crippen LogP contribution in [0.1, 0.15) is 36.5 Å². The van der Waals surface area contributed by atoms with Crippen LogP contribution in [0.4, 0.5) is 0 Å². The van der Waals surface area contributed by atoms with Crippen molar-refractivity contribution in [2.24, 2.45) is 7.05 Å². The molecule has 3 aromatic carbocycles. The van der Waals surface area contributed by atoms with Crippen molar-refractivity contribution in [1.29, 1.82) is 0 Å². The Kier molecular flexibility index (Phi) is 4.66. The fraction of sp³-hybridized carbons (Fsp3) is 0.207. The lowest BCUT2D eigenvalue weighted by atomic mass is 9.94. The number of furan rings is 1. The summed E-state index contributed by atoms with van der Waals surface area (Å²) in [7, 11) is 2.12. The maximum absolute atomic E-state index is 6.70. The van der Waals surface area contributed by atoms with Gasteiger partial charge in [0, 0.05) is 28.5 Å². The first-order valence-electron chi connectivity index (χ1n) is 11.0. The second-order valence-corrected chi connectivity index (χ2v) is 8.83. The Morgan fingerprint density at radius 2 is 1.58 bits per heavy atom. The maximum Gasteiger partial charge on any atom is 0.216 e. The molecule has 5 aromatic rings. The average Bonchev–Trinajstić information content (AvgIpc) is 3.14. The first-order chi connectivity index (χ1) is 15.0. The molecule has 2 heteroatoms. The first-order valence-corrected chi connectivity index (χ1v) is 11.0. The highest BCUT2D eigenvalue weighted by Gasteiger charge is 2.23. The van der Waals surface area contributed by atoms with Gasteiger partial charge in [-0.1, -0.05) is 62.4 Å². The van der Waals surface area contributed by atoms with Gasteiger partial charge in [0.25, 0.3) is 0 Å². The molecule has 2 heterocycles. The van der Waals surface area contributed by atoms with Crippen LogP contribution in [-0.2, 0) is 7.05 Å². The summed E-state index contributed by atoms with van der Waals surface area (Å²) in [5.41, 5.74) is 10.5. The number of hydrogen-bond acceptors (Lipinski definition) is 1. The Morgan fingerprint density at radius 1 is 0.806 bits per heavy atom. The lowest BCUT2D eigenvalue weighted by Crippen LogP contribution is -2.31. The molecule has 31 heavy (non-hydrogen) atoms. The molecule has 0 radical (unpaired) electrons. The van der Waals surface area contributed by atoms with Crippen molar-refractivity contribution < 1.29 is 8.98 Å². The van der Waals surface area contributed by atoms with E-state index in [0.29, 0.717) is 5.92 Å². The summed E-state index contributed by atoms with van der Waals surface area (Å²) in [5, 5.41) is 2.35. The van der Waals surface area contributed by atoms with Gasteiger partial charge < -0.3 is 4.42 Å². The molecule has 154 valence electrons. The smallest absolute Gasteiger partial charge is 0.216 e. The van der Waals surface area contributed by atoms with E-state index >= 15 is 0 Å². The third kappa shape index (κ3) is 3.14. The number of aryl methyl sites for hydroxylation is 2. The molecule has 0 saturated heterocycles. The molecule has 2 nitrogen and oxygen atoms in total. The summed E-state index contributed by atoms with van der Waals surface area (Å²) in [6.07, 6.45) is 2.16. The summed E-state index contributed by atoms with van der Waals surface area (Å²) in [6.45, 7) is 8.89. The maximum atomic E-state index is 6.70.